The second-order valence-corrected chi connectivity index (χ2v) is 8.20. The number of hydrogen-bond donors (Lipinski definition) is 1. The predicted molar refractivity (Wildman–Crippen MR) is 86.5 cm³/mol. The van der Waals surface area contributed by atoms with Crippen molar-refractivity contribution >= 4 is 21.6 Å². The van der Waals surface area contributed by atoms with Crippen molar-refractivity contribution in [3.05, 3.63) is 34.9 Å². The Morgan fingerprint density at radius 2 is 2.27 bits per heavy atom. The maximum Gasteiger partial charge on any atom is 0.217 e. The number of hydrogen-bond acceptors (Lipinski definition) is 4. The Bertz CT molecular complexity index is 617. The molecule has 2 heterocycles. The van der Waals surface area contributed by atoms with E-state index in [1.54, 1.807) is 10.4 Å². The Hall–Kier alpha value is -0.660. The summed E-state index contributed by atoms with van der Waals surface area (Å²) in [6.07, 6.45) is 1.60. The average Bonchev–Trinajstić information content (AvgIpc) is 2.99. The molecule has 0 aliphatic carbocycles. The molecule has 7 heteroatoms. The average molecular weight is 345 g/mol. The van der Waals surface area contributed by atoms with Crippen LogP contribution in [0.25, 0.3) is 0 Å². The fourth-order valence-corrected chi connectivity index (χ4v) is 5.20. The minimum Gasteiger partial charge on any atom is -0.377 e. The van der Waals surface area contributed by atoms with Gasteiger partial charge in [-0.05, 0) is 30.5 Å². The second kappa shape index (κ2) is 6.84. The third-order valence-electron chi connectivity index (χ3n) is 4.21. The van der Waals surface area contributed by atoms with Crippen LogP contribution in [0, 0.1) is 0 Å². The monoisotopic (exact) mass is 344 g/mol. The lowest BCUT2D eigenvalue weighted by Gasteiger charge is -2.36. The molecule has 5 nitrogen and oxygen atoms in total. The van der Waals surface area contributed by atoms with E-state index in [1.807, 2.05) is 18.2 Å². The fraction of sp³-hybridized carbons (Fsp3) is 0.600. The number of piperazine rings is 1. The van der Waals surface area contributed by atoms with E-state index in [0.717, 1.165) is 18.4 Å². The zero-order chi connectivity index (χ0) is 15.6. The van der Waals surface area contributed by atoms with Gasteiger partial charge in [-0.3, -0.25) is 0 Å². The first-order valence-corrected chi connectivity index (χ1v) is 9.62. The van der Waals surface area contributed by atoms with Gasteiger partial charge in [0.2, 0.25) is 10.0 Å². The van der Waals surface area contributed by atoms with Crippen LogP contribution in [0.3, 0.4) is 0 Å². The zero-order valence-corrected chi connectivity index (χ0v) is 13.9. The number of halogens is 1. The molecule has 0 spiro atoms. The van der Waals surface area contributed by atoms with Gasteiger partial charge in [-0.25, -0.2) is 8.42 Å². The van der Waals surface area contributed by atoms with E-state index >= 15 is 0 Å². The van der Waals surface area contributed by atoms with E-state index in [2.05, 4.69) is 5.32 Å². The van der Waals surface area contributed by atoms with Crippen LogP contribution in [0.5, 0.6) is 0 Å². The van der Waals surface area contributed by atoms with E-state index in [0.29, 0.717) is 31.3 Å². The van der Waals surface area contributed by atoms with Crippen molar-refractivity contribution in [3.63, 3.8) is 0 Å². The number of nitrogens with zero attached hydrogens (tertiary/aromatic N) is 1. The number of benzene rings is 1. The Morgan fingerprint density at radius 3 is 3.00 bits per heavy atom. The molecule has 2 atom stereocenters. The van der Waals surface area contributed by atoms with E-state index in [1.165, 1.54) is 0 Å². The summed E-state index contributed by atoms with van der Waals surface area (Å²) in [6, 6.07) is 7.22. The van der Waals surface area contributed by atoms with E-state index in [9.17, 15) is 8.42 Å². The van der Waals surface area contributed by atoms with Crippen LogP contribution in [0.4, 0.5) is 0 Å². The maximum absolute atomic E-state index is 12.8. The third-order valence-corrected chi connectivity index (χ3v) is 6.39. The van der Waals surface area contributed by atoms with Gasteiger partial charge in [-0.15, -0.1) is 0 Å². The number of rotatable bonds is 4. The van der Waals surface area contributed by atoms with Gasteiger partial charge in [-0.1, -0.05) is 23.7 Å². The van der Waals surface area contributed by atoms with Crippen molar-refractivity contribution in [1.82, 2.24) is 9.62 Å². The molecule has 2 aliphatic heterocycles. The molecular formula is C15H21ClN2O3S. The summed E-state index contributed by atoms with van der Waals surface area (Å²) in [4.78, 5) is 0. The molecule has 1 aromatic rings. The summed E-state index contributed by atoms with van der Waals surface area (Å²) >= 11 is 6.06. The largest absolute Gasteiger partial charge is 0.377 e. The van der Waals surface area contributed by atoms with Crippen LogP contribution in [0.15, 0.2) is 24.3 Å². The smallest absolute Gasteiger partial charge is 0.217 e. The lowest BCUT2D eigenvalue weighted by molar-refractivity contribution is 0.125. The maximum atomic E-state index is 12.8. The Labute approximate surface area is 136 Å². The molecule has 2 aliphatic rings. The molecule has 0 bridgehead atoms. The predicted octanol–water partition coefficient (Wildman–Crippen LogP) is 1.80. The number of nitrogens with one attached hydrogen (secondary N) is 1. The van der Waals surface area contributed by atoms with Gasteiger partial charge in [-0.2, -0.15) is 4.31 Å². The van der Waals surface area contributed by atoms with E-state index in [-0.39, 0.29) is 17.9 Å². The molecule has 2 saturated heterocycles. The van der Waals surface area contributed by atoms with Crippen molar-refractivity contribution in [2.24, 2.45) is 0 Å². The highest BCUT2D eigenvalue weighted by molar-refractivity contribution is 7.89. The lowest BCUT2D eigenvalue weighted by atomic mass is 10.1. The summed E-state index contributed by atoms with van der Waals surface area (Å²) in [7, 11) is -3.35. The van der Waals surface area contributed by atoms with Gasteiger partial charge in [0, 0.05) is 31.3 Å². The van der Waals surface area contributed by atoms with Gasteiger partial charge in [0.15, 0.2) is 0 Å². The summed E-state index contributed by atoms with van der Waals surface area (Å²) in [5.74, 6) is 0.0735. The Kier molecular flexibility index (Phi) is 5.04. The van der Waals surface area contributed by atoms with Crippen LogP contribution in [0.1, 0.15) is 24.4 Å². The lowest BCUT2D eigenvalue weighted by Crippen LogP contribution is -2.50. The van der Waals surface area contributed by atoms with Crippen LogP contribution in [0.2, 0.25) is 5.02 Å². The molecular weight excluding hydrogens is 324 g/mol. The van der Waals surface area contributed by atoms with Gasteiger partial charge < -0.3 is 10.1 Å². The Balaban J connectivity index is 1.82. The SMILES string of the molecule is O=S(=O)(CC1CCCO1)N1CCNCC1c1cccc(Cl)c1. The van der Waals surface area contributed by atoms with Crippen LogP contribution >= 0.6 is 11.6 Å². The van der Waals surface area contributed by atoms with Crippen LogP contribution < -0.4 is 5.32 Å². The standard InChI is InChI=1S/C15H21ClN2O3S/c16-13-4-1-3-12(9-13)15-10-17-6-7-18(15)22(19,20)11-14-5-2-8-21-14/h1,3-4,9,14-15,17H,2,5-8,10-11H2. The van der Waals surface area contributed by atoms with Gasteiger partial charge in [0.25, 0.3) is 0 Å². The number of ether oxygens (including phenoxy) is 1. The minimum absolute atomic E-state index is 0.0735. The van der Waals surface area contributed by atoms with E-state index < -0.39 is 10.0 Å². The highest BCUT2D eigenvalue weighted by atomic mass is 35.5. The van der Waals surface area contributed by atoms with Gasteiger partial charge in [0.05, 0.1) is 17.9 Å². The topological polar surface area (TPSA) is 58.6 Å². The molecule has 1 N–H and O–H groups in total. The van der Waals surface area contributed by atoms with Gasteiger partial charge >= 0.3 is 0 Å². The first kappa shape index (κ1) is 16.2. The van der Waals surface area contributed by atoms with Crippen molar-refractivity contribution in [3.8, 4) is 0 Å². The van der Waals surface area contributed by atoms with Crippen molar-refractivity contribution in [2.45, 2.75) is 25.0 Å². The molecule has 122 valence electrons. The molecule has 2 fully saturated rings. The van der Waals surface area contributed by atoms with E-state index in [4.69, 9.17) is 16.3 Å². The van der Waals surface area contributed by atoms with Crippen molar-refractivity contribution in [2.75, 3.05) is 32.0 Å². The normalized spacial score (nSPS) is 27.1. The van der Waals surface area contributed by atoms with Crippen molar-refractivity contribution in [1.29, 1.82) is 0 Å². The molecule has 1 aromatic carbocycles. The van der Waals surface area contributed by atoms with Crippen LogP contribution in [-0.2, 0) is 14.8 Å². The highest BCUT2D eigenvalue weighted by Gasteiger charge is 2.35. The molecule has 0 radical (unpaired) electrons. The molecule has 2 unspecified atom stereocenters. The molecule has 0 aromatic heterocycles. The summed E-state index contributed by atoms with van der Waals surface area (Å²) in [5.41, 5.74) is 0.926. The van der Waals surface area contributed by atoms with Crippen molar-refractivity contribution < 1.29 is 13.2 Å². The molecule has 22 heavy (non-hydrogen) atoms. The molecule has 0 saturated carbocycles. The summed E-state index contributed by atoms with van der Waals surface area (Å²) in [6.45, 7) is 2.42. The zero-order valence-electron chi connectivity index (χ0n) is 12.4. The first-order valence-electron chi connectivity index (χ1n) is 7.63. The highest BCUT2D eigenvalue weighted by Crippen LogP contribution is 2.28. The number of sulfonamides is 1. The fourth-order valence-electron chi connectivity index (χ4n) is 3.12. The third kappa shape index (κ3) is 3.63. The summed E-state index contributed by atoms with van der Waals surface area (Å²) < 4.78 is 32.7. The van der Waals surface area contributed by atoms with Crippen LogP contribution in [-0.4, -0.2) is 50.8 Å². The quantitative estimate of drug-likeness (QED) is 0.904. The molecule has 3 rings (SSSR count). The van der Waals surface area contributed by atoms with Gasteiger partial charge in [0.1, 0.15) is 0 Å². The Morgan fingerprint density at radius 1 is 1.41 bits per heavy atom. The first-order chi connectivity index (χ1) is 10.6. The minimum atomic E-state index is -3.35. The second-order valence-electron chi connectivity index (χ2n) is 5.80. The summed E-state index contributed by atoms with van der Waals surface area (Å²) in [5, 5.41) is 3.89. The molecule has 0 amide bonds.